The van der Waals surface area contributed by atoms with Crippen molar-refractivity contribution in [1.29, 1.82) is 0 Å². The van der Waals surface area contributed by atoms with Crippen LogP contribution in [-0.2, 0) is 5.75 Å². The summed E-state index contributed by atoms with van der Waals surface area (Å²) in [5.41, 5.74) is 3.94. The maximum atomic E-state index is 13.2. The Morgan fingerprint density at radius 2 is 1.79 bits per heavy atom. The maximum Gasteiger partial charge on any atom is 0.173 e. The standard InChI is InChI=1S/C23H18ClFN2OS/c1-28-21-11-7-17(8-12-21)22-14-26-23(27(22)20-4-2-3-18(24)13-20)29-15-16-5-9-19(25)10-6-16/h2-14H,15H2,1H3. The lowest BCUT2D eigenvalue weighted by Gasteiger charge is -2.13. The zero-order valence-corrected chi connectivity index (χ0v) is 17.3. The Labute approximate surface area is 178 Å². The number of nitrogens with zero attached hydrogens (tertiary/aromatic N) is 2. The summed E-state index contributed by atoms with van der Waals surface area (Å²) in [6.07, 6.45) is 1.86. The first-order chi connectivity index (χ1) is 14.1. The Bertz CT molecular complexity index is 1110. The minimum atomic E-state index is -0.235. The van der Waals surface area contributed by atoms with Crippen LogP contribution in [0, 0.1) is 5.82 Å². The van der Waals surface area contributed by atoms with E-state index in [9.17, 15) is 4.39 Å². The molecule has 6 heteroatoms. The highest BCUT2D eigenvalue weighted by atomic mass is 35.5. The molecule has 0 spiro atoms. The molecule has 0 amide bonds. The van der Waals surface area contributed by atoms with Crippen LogP contribution in [0.2, 0.25) is 5.02 Å². The number of imidazole rings is 1. The fraction of sp³-hybridized carbons (Fsp3) is 0.0870. The third-order valence-corrected chi connectivity index (χ3v) is 5.72. The van der Waals surface area contributed by atoms with Gasteiger partial charge in [-0.3, -0.25) is 4.57 Å². The fourth-order valence-electron chi connectivity index (χ4n) is 3.00. The van der Waals surface area contributed by atoms with Gasteiger partial charge in [0.25, 0.3) is 0 Å². The number of halogens is 2. The predicted octanol–water partition coefficient (Wildman–Crippen LogP) is 6.63. The van der Waals surface area contributed by atoms with Crippen LogP contribution in [0.4, 0.5) is 4.39 Å². The second kappa shape index (κ2) is 8.72. The molecule has 3 aromatic carbocycles. The second-order valence-electron chi connectivity index (χ2n) is 6.38. The Kier molecular flexibility index (Phi) is 5.88. The van der Waals surface area contributed by atoms with Gasteiger partial charge in [-0.15, -0.1) is 0 Å². The zero-order valence-electron chi connectivity index (χ0n) is 15.7. The van der Waals surface area contributed by atoms with Crippen molar-refractivity contribution in [2.45, 2.75) is 10.9 Å². The molecule has 0 fully saturated rings. The Morgan fingerprint density at radius 1 is 1.03 bits per heavy atom. The van der Waals surface area contributed by atoms with E-state index in [1.807, 2.05) is 54.7 Å². The quantitative estimate of drug-likeness (QED) is 0.325. The van der Waals surface area contributed by atoms with Crippen molar-refractivity contribution >= 4 is 23.4 Å². The predicted molar refractivity (Wildman–Crippen MR) is 117 cm³/mol. The number of hydrogen-bond acceptors (Lipinski definition) is 3. The van der Waals surface area contributed by atoms with E-state index >= 15 is 0 Å². The highest BCUT2D eigenvalue weighted by Crippen LogP contribution is 2.32. The van der Waals surface area contributed by atoms with Gasteiger partial charge in [0, 0.05) is 22.0 Å². The monoisotopic (exact) mass is 424 g/mol. The maximum absolute atomic E-state index is 13.2. The van der Waals surface area contributed by atoms with Gasteiger partial charge in [0.15, 0.2) is 5.16 Å². The van der Waals surface area contributed by atoms with Gasteiger partial charge in [0.1, 0.15) is 11.6 Å². The molecule has 0 bridgehead atoms. The fourth-order valence-corrected chi connectivity index (χ4v) is 4.13. The lowest BCUT2D eigenvalue weighted by Crippen LogP contribution is -1.99. The Morgan fingerprint density at radius 3 is 2.48 bits per heavy atom. The summed E-state index contributed by atoms with van der Waals surface area (Å²) in [5.74, 6) is 1.24. The summed E-state index contributed by atoms with van der Waals surface area (Å²) in [5, 5.41) is 1.49. The number of methoxy groups -OCH3 is 1. The average molecular weight is 425 g/mol. The van der Waals surface area contributed by atoms with Gasteiger partial charge in [0.2, 0.25) is 0 Å². The molecule has 0 unspecified atom stereocenters. The number of aromatic nitrogens is 2. The van der Waals surface area contributed by atoms with Crippen molar-refractivity contribution < 1.29 is 9.13 Å². The van der Waals surface area contributed by atoms with E-state index in [4.69, 9.17) is 16.3 Å². The molecule has 0 aliphatic heterocycles. The molecule has 1 heterocycles. The largest absolute Gasteiger partial charge is 0.497 e. The van der Waals surface area contributed by atoms with Crippen molar-refractivity contribution in [2.75, 3.05) is 7.11 Å². The first-order valence-electron chi connectivity index (χ1n) is 8.99. The molecule has 4 aromatic rings. The van der Waals surface area contributed by atoms with E-state index in [1.54, 1.807) is 31.0 Å². The smallest absolute Gasteiger partial charge is 0.173 e. The minimum Gasteiger partial charge on any atom is -0.497 e. The molecule has 29 heavy (non-hydrogen) atoms. The molecule has 146 valence electrons. The van der Waals surface area contributed by atoms with Crippen molar-refractivity contribution in [1.82, 2.24) is 9.55 Å². The summed E-state index contributed by atoms with van der Waals surface area (Å²) in [6.45, 7) is 0. The van der Waals surface area contributed by atoms with Crippen LogP contribution >= 0.6 is 23.4 Å². The molecule has 4 rings (SSSR count). The van der Waals surface area contributed by atoms with Crippen LogP contribution in [-0.4, -0.2) is 16.7 Å². The topological polar surface area (TPSA) is 27.1 Å². The highest BCUT2D eigenvalue weighted by molar-refractivity contribution is 7.98. The van der Waals surface area contributed by atoms with Crippen LogP contribution in [0.5, 0.6) is 5.75 Å². The van der Waals surface area contributed by atoms with Crippen LogP contribution in [0.25, 0.3) is 16.9 Å². The molecule has 1 aromatic heterocycles. The van der Waals surface area contributed by atoms with Gasteiger partial charge in [-0.25, -0.2) is 9.37 Å². The van der Waals surface area contributed by atoms with Gasteiger partial charge in [0.05, 0.1) is 19.0 Å². The Balaban J connectivity index is 1.72. The van der Waals surface area contributed by atoms with Crippen LogP contribution in [0.3, 0.4) is 0 Å². The minimum absolute atomic E-state index is 0.235. The van der Waals surface area contributed by atoms with E-state index in [2.05, 4.69) is 9.55 Å². The van der Waals surface area contributed by atoms with E-state index in [-0.39, 0.29) is 5.82 Å². The van der Waals surface area contributed by atoms with Gasteiger partial charge in [-0.1, -0.05) is 41.6 Å². The van der Waals surface area contributed by atoms with Crippen LogP contribution < -0.4 is 4.74 Å². The number of thioether (sulfide) groups is 1. The highest BCUT2D eigenvalue weighted by Gasteiger charge is 2.15. The van der Waals surface area contributed by atoms with Gasteiger partial charge in [-0.2, -0.15) is 0 Å². The van der Waals surface area contributed by atoms with Crippen molar-refractivity contribution in [2.24, 2.45) is 0 Å². The van der Waals surface area contributed by atoms with E-state index in [0.717, 1.165) is 33.4 Å². The molecule has 0 N–H and O–H groups in total. The van der Waals surface area contributed by atoms with Gasteiger partial charge in [-0.05, 0) is 60.2 Å². The second-order valence-corrected chi connectivity index (χ2v) is 7.76. The first kappa shape index (κ1) is 19.6. The zero-order chi connectivity index (χ0) is 20.2. The summed E-state index contributed by atoms with van der Waals surface area (Å²) in [7, 11) is 1.65. The average Bonchev–Trinajstić information content (AvgIpc) is 3.17. The normalized spacial score (nSPS) is 10.9. The molecule has 0 atom stereocenters. The SMILES string of the molecule is COc1ccc(-c2cnc(SCc3ccc(F)cc3)n2-c2cccc(Cl)c2)cc1. The molecule has 0 saturated carbocycles. The lowest BCUT2D eigenvalue weighted by atomic mass is 10.1. The molecular formula is C23H18ClFN2OS. The summed E-state index contributed by atoms with van der Waals surface area (Å²) < 4.78 is 20.5. The van der Waals surface area contributed by atoms with E-state index < -0.39 is 0 Å². The van der Waals surface area contributed by atoms with Crippen molar-refractivity contribution in [3.63, 3.8) is 0 Å². The van der Waals surface area contributed by atoms with Crippen molar-refractivity contribution in [3.05, 3.63) is 95.4 Å². The van der Waals surface area contributed by atoms with Gasteiger partial charge < -0.3 is 4.74 Å². The number of rotatable bonds is 6. The van der Waals surface area contributed by atoms with Crippen LogP contribution in [0.1, 0.15) is 5.56 Å². The Hall–Kier alpha value is -2.76. The van der Waals surface area contributed by atoms with Crippen LogP contribution in [0.15, 0.2) is 84.1 Å². The molecule has 0 aliphatic carbocycles. The summed E-state index contributed by atoms with van der Waals surface area (Å²) in [4.78, 5) is 4.65. The first-order valence-corrected chi connectivity index (χ1v) is 10.4. The molecular weight excluding hydrogens is 407 g/mol. The summed E-state index contributed by atoms with van der Waals surface area (Å²) >= 11 is 7.84. The molecule has 0 saturated heterocycles. The molecule has 0 radical (unpaired) electrons. The lowest BCUT2D eigenvalue weighted by molar-refractivity contribution is 0.415. The third-order valence-electron chi connectivity index (χ3n) is 4.46. The number of ether oxygens (including phenoxy) is 1. The summed E-state index contributed by atoms with van der Waals surface area (Å²) in [6, 6.07) is 22.1. The molecule has 3 nitrogen and oxygen atoms in total. The van der Waals surface area contributed by atoms with Crippen molar-refractivity contribution in [3.8, 4) is 22.7 Å². The van der Waals surface area contributed by atoms with E-state index in [0.29, 0.717) is 10.8 Å². The third kappa shape index (κ3) is 4.47. The molecule has 0 aliphatic rings. The number of benzene rings is 3. The number of hydrogen-bond donors (Lipinski definition) is 0. The van der Waals surface area contributed by atoms with E-state index in [1.165, 1.54) is 12.1 Å². The van der Waals surface area contributed by atoms with Gasteiger partial charge >= 0.3 is 0 Å².